The molecular formula is C24H23NO5S. The molecule has 3 aromatic carbocycles. The maximum atomic E-state index is 13.1. The van der Waals surface area contributed by atoms with Gasteiger partial charge in [-0.05, 0) is 53.3 Å². The van der Waals surface area contributed by atoms with Crippen LogP contribution in [0.1, 0.15) is 29.7 Å². The van der Waals surface area contributed by atoms with Crippen LogP contribution in [0.2, 0.25) is 0 Å². The van der Waals surface area contributed by atoms with Gasteiger partial charge < -0.3 is 9.84 Å². The van der Waals surface area contributed by atoms with E-state index in [-0.39, 0.29) is 11.5 Å². The lowest BCUT2D eigenvalue weighted by molar-refractivity contribution is -0.148. The van der Waals surface area contributed by atoms with Crippen LogP contribution >= 0.6 is 0 Å². The van der Waals surface area contributed by atoms with E-state index in [1.165, 1.54) is 6.07 Å². The number of nitrogens with one attached hydrogen (secondary N) is 1. The number of aliphatic hydroxyl groups excluding tert-OH is 1. The van der Waals surface area contributed by atoms with E-state index in [2.05, 4.69) is 4.72 Å². The Kier molecular flexibility index (Phi) is 5.91. The summed E-state index contributed by atoms with van der Waals surface area (Å²) in [6, 6.07) is 19.8. The van der Waals surface area contributed by atoms with Crippen LogP contribution < -0.4 is 4.72 Å². The second-order valence-corrected chi connectivity index (χ2v) is 9.07. The van der Waals surface area contributed by atoms with Gasteiger partial charge in [-0.1, -0.05) is 60.7 Å². The van der Waals surface area contributed by atoms with Crippen molar-refractivity contribution in [2.24, 2.45) is 0 Å². The van der Waals surface area contributed by atoms with Crippen LogP contribution in [0.3, 0.4) is 0 Å². The zero-order chi connectivity index (χ0) is 22.0. The van der Waals surface area contributed by atoms with Crippen LogP contribution in [0.4, 0.5) is 0 Å². The molecule has 3 aromatic rings. The molecule has 1 aliphatic rings. The van der Waals surface area contributed by atoms with E-state index in [0.29, 0.717) is 12.0 Å². The number of sulfonamides is 1. The molecule has 31 heavy (non-hydrogen) atoms. The van der Waals surface area contributed by atoms with Gasteiger partial charge in [0.1, 0.15) is 12.1 Å². The molecule has 1 aliphatic carbocycles. The second kappa shape index (κ2) is 8.63. The second-order valence-electron chi connectivity index (χ2n) is 7.36. The molecule has 0 bridgehead atoms. The van der Waals surface area contributed by atoms with Gasteiger partial charge in [-0.15, -0.1) is 0 Å². The summed E-state index contributed by atoms with van der Waals surface area (Å²) in [5.41, 5.74) is 4.55. The predicted octanol–water partition coefficient (Wildman–Crippen LogP) is 3.20. The molecule has 6 nitrogen and oxygen atoms in total. The first-order chi connectivity index (χ1) is 14.9. The number of ether oxygens (including phenoxy) is 1. The highest BCUT2D eigenvalue weighted by atomic mass is 32.2. The Morgan fingerprint density at radius 1 is 1.00 bits per heavy atom. The highest BCUT2D eigenvalue weighted by Gasteiger charge is 2.34. The lowest BCUT2D eigenvalue weighted by atomic mass is 10.0. The minimum Gasteiger partial charge on any atom is -0.465 e. The van der Waals surface area contributed by atoms with E-state index in [0.717, 1.165) is 22.3 Å². The fraction of sp³-hybridized carbons (Fsp3) is 0.208. The minimum atomic E-state index is -4.10. The molecule has 160 valence electrons. The number of carbonyl (C=O) groups is 1. The van der Waals surface area contributed by atoms with Crippen LogP contribution in [0.5, 0.6) is 0 Å². The number of fused-ring (bicyclic) bond motifs is 3. The molecule has 0 unspecified atom stereocenters. The molecule has 0 amide bonds. The molecule has 0 saturated carbocycles. The van der Waals surface area contributed by atoms with Gasteiger partial charge in [-0.25, -0.2) is 8.42 Å². The fourth-order valence-corrected chi connectivity index (χ4v) is 5.08. The molecule has 0 aromatic heterocycles. The van der Waals surface area contributed by atoms with Gasteiger partial charge in [-0.3, -0.25) is 4.79 Å². The van der Waals surface area contributed by atoms with Crippen LogP contribution in [0, 0.1) is 0 Å². The highest BCUT2D eigenvalue weighted by Crippen LogP contribution is 2.37. The monoisotopic (exact) mass is 437 g/mol. The third-order valence-electron chi connectivity index (χ3n) is 5.35. The zero-order valence-corrected chi connectivity index (χ0v) is 17.8. The van der Waals surface area contributed by atoms with Gasteiger partial charge in [0.15, 0.2) is 0 Å². The number of aliphatic hydroxyl groups is 1. The largest absolute Gasteiger partial charge is 0.465 e. The maximum absolute atomic E-state index is 13.1. The summed E-state index contributed by atoms with van der Waals surface area (Å²) in [6.07, 6.45) is -0.753. The van der Waals surface area contributed by atoms with E-state index in [1.807, 2.05) is 24.3 Å². The van der Waals surface area contributed by atoms with E-state index in [1.54, 1.807) is 49.4 Å². The van der Waals surface area contributed by atoms with Crippen molar-refractivity contribution in [1.29, 1.82) is 0 Å². The predicted molar refractivity (Wildman–Crippen MR) is 117 cm³/mol. The van der Waals surface area contributed by atoms with Crippen molar-refractivity contribution in [2.45, 2.75) is 30.4 Å². The summed E-state index contributed by atoms with van der Waals surface area (Å²) in [7, 11) is -4.10. The van der Waals surface area contributed by atoms with Gasteiger partial charge in [0, 0.05) is 0 Å². The smallest absolute Gasteiger partial charge is 0.327 e. The lowest BCUT2D eigenvalue weighted by Crippen LogP contribution is -2.45. The van der Waals surface area contributed by atoms with Gasteiger partial charge in [0.05, 0.1) is 11.5 Å². The van der Waals surface area contributed by atoms with Crippen molar-refractivity contribution in [1.82, 2.24) is 4.72 Å². The molecular weight excluding hydrogens is 414 g/mol. The van der Waals surface area contributed by atoms with Crippen LogP contribution in [0.25, 0.3) is 11.1 Å². The van der Waals surface area contributed by atoms with E-state index in [9.17, 15) is 18.3 Å². The molecule has 0 radical (unpaired) electrons. The highest BCUT2D eigenvalue weighted by molar-refractivity contribution is 7.89. The summed E-state index contributed by atoms with van der Waals surface area (Å²) in [5.74, 6) is -0.837. The van der Waals surface area contributed by atoms with E-state index >= 15 is 0 Å². The first-order valence-corrected chi connectivity index (χ1v) is 11.5. The minimum absolute atomic E-state index is 0.0358. The maximum Gasteiger partial charge on any atom is 0.327 e. The average molecular weight is 438 g/mol. The molecule has 0 fully saturated rings. The summed E-state index contributed by atoms with van der Waals surface area (Å²) in [5, 5.41) is 10.7. The number of rotatable bonds is 7. The molecule has 2 atom stereocenters. The van der Waals surface area contributed by atoms with Crippen LogP contribution in [-0.2, 0) is 26.0 Å². The van der Waals surface area contributed by atoms with E-state index < -0.39 is 28.1 Å². The Labute approximate surface area is 181 Å². The Bertz CT molecular complexity index is 1210. The third-order valence-corrected chi connectivity index (χ3v) is 6.79. The van der Waals surface area contributed by atoms with Crippen molar-refractivity contribution in [3.05, 3.63) is 89.5 Å². The van der Waals surface area contributed by atoms with Crippen molar-refractivity contribution in [3.8, 4) is 11.1 Å². The third kappa shape index (κ3) is 4.25. The van der Waals surface area contributed by atoms with Crippen molar-refractivity contribution < 1.29 is 23.1 Å². The molecule has 0 heterocycles. The normalized spacial score (nSPS) is 14.4. The van der Waals surface area contributed by atoms with Gasteiger partial charge in [0.2, 0.25) is 10.0 Å². The molecule has 7 heteroatoms. The van der Waals surface area contributed by atoms with Crippen molar-refractivity contribution in [3.63, 3.8) is 0 Å². The van der Waals surface area contributed by atoms with Gasteiger partial charge in [0.25, 0.3) is 0 Å². The SMILES string of the molecule is CCOC(=O)[C@H](NS(=O)(=O)c1ccc2c(c1)Cc1ccccc1-2)[C@H](O)c1ccccc1. The number of carbonyl (C=O) groups excluding carboxylic acids is 1. The lowest BCUT2D eigenvalue weighted by Gasteiger charge is -2.23. The molecule has 2 N–H and O–H groups in total. The summed E-state index contributed by atoms with van der Waals surface area (Å²) in [6.45, 7) is 1.69. The van der Waals surface area contributed by atoms with Gasteiger partial charge in [-0.2, -0.15) is 4.72 Å². The number of hydrogen-bond donors (Lipinski definition) is 2. The quantitative estimate of drug-likeness (QED) is 0.433. The first-order valence-electron chi connectivity index (χ1n) is 10.0. The number of esters is 1. The summed E-state index contributed by atoms with van der Waals surface area (Å²) < 4.78 is 33.6. The first kappa shape index (κ1) is 21.2. The number of hydrogen-bond acceptors (Lipinski definition) is 5. The Morgan fingerprint density at radius 2 is 1.68 bits per heavy atom. The Morgan fingerprint density at radius 3 is 2.42 bits per heavy atom. The zero-order valence-electron chi connectivity index (χ0n) is 17.0. The Hall–Kier alpha value is -3.00. The standard InChI is InChI=1S/C24H23NO5S/c1-2-30-24(27)22(23(26)16-8-4-3-5-9-16)25-31(28,29)19-12-13-21-18(15-19)14-17-10-6-7-11-20(17)21/h3-13,15,22-23,25-26H,2,14H2,1H3/t22-,23-/m1/s1. The molecule has 0 spiro atoms. The number of benzene rings is 3. The van der Waals surface area contributed by atoms with Crippen molar-refractivity contribution >= 4 is 16.0 Å². The Balaban J connectivity index is 1.64. The topological polar surface area (TPSA) is 92.7 Å². The van der Waals surface area contributed by atoms with Crippen molar-refractivity contribution in [2.75, 3.05) is 6.61 Å². The fourth-order valence-electron chi connectivity index (χ4n) is 3.84. The molecule has 4 rings (SSSR count). The molecule has 0 saturated heterocycles. The van der Waals surface area contributed by atoms with Gasteiger partial charge >= 0.3 is 5.97 Å². The van der Waals surface area contributed by atoms with Crippen LogP contribution in [-0.4, -0.2) is 32.1 Å². The molecule has 0 aliphatic heterocycles. The summed E-state index contributed by atoms with van der Waals surface area (Å²) >= 11 is 0. The van der Waals surface area contributed by atoms with Crippen LogP contribution in [0.15, 0.2) is 77.7 Å². The van der Waals surface area contributed by atoms with E-state index in [4.69, 9.17) is 4.74 Å². The average Bonchev–Trinajstić information content (AvgIpc) is 3.15. The summed E-state index contributed by atoms with van der Waals surface area (Å²) in [4.78, 5) is 12.5.